The maximum absolute atomic E-state index is 12.6. The van der Waals surface area contributed by atoms with Gasteiger partial charge in [-0.25, -0.2) is 16.8 Å². The molecule has 0 N–H and O–H groups in total. The van der Waals surface area contributed by atoms with Crippen LogP contribution in [-0.4, -0.2) is 45.7 Å². The van der Waals surface area contributed by atoms with E-state index in [-0.39, 0.29) is 16.4 Å². The van der Waals surface area contributed by atoms with Gasteiger partial charge in [0.1, 0.15) is 0 Å². The number of hydrogen-bond acceptors (Lipinski definition) is 4. The van der Waals surface area contributed by atoms with Gasteiger partial charge in [0, 0.05) is 22.0 Å². The van der Waals surface area contributed by atoms with Gasteiger partial charge in [-0.1, -0.05) is 15.9 Å². The molecular formula is C11H13Br2NO4S2. The molecule has 0 unspecified atom stereocenters. The summed E-state index contributed by atoms with van der Waals surface area (Å²) in [7, 11) is -5.44. The van der Waals surface area contributed by atoms with Crippen molar-refractivity contribution in [1.82, 2.24) is 4.31 Å². The van der Waals surface area contributed by atoms with Crippen LogP contribution < -0.4 is 0 Å². The van der Waals surface area contributed by atoms with Crippen LogP contribution in [0.2, 0.25) is 0 Å². The van der Waals surface area contributed by atoms with Crippen molar-refractivity contribution in [2.75, 3.05) is 18.6 Å². The van der Waals surface area contributed by atoms with Crippen molar-refractivity contribution in [2.45, 2.75) is 17.4 Å². The van der Waals surface area contributed by atoms with E-state index < -0.39 is 25.9 Å². The van der Waals surface area contributed by atoms with Crippen molar-refractivity contribution in [1.29, 1.82) is 0 Å². The number of hydrogen-bond donors (Lipinski definition) is 0. The van der Waals surface area contributed by atoms with Gasteiger partial charge in [-0.05, 0) is 40.5 Å². The number of halogens is 2. The van der Waals surface area contributed by atoms with Gasteiger partial charge in [0.25, 0.3) is 0 Å². The Morgan fingerprint density at radius 3 is 2.50 bits per heavy atom. The molecule has 5 nitrogen and oxygen atoms in total. The summed E-state index contributed by atoms with van der Waals surface area (Å²) in [6.45, 7) is 0. The number of nitrogens with zero attached hydrogens (tertiary/aromatic N) is 1. The van der Waals surface area contributed by atoms with E-state index in [4.69, 9.17) is 0 Å². The van der Waals surface area contributed by atoms with Crippen molar-refractivity contribution in [3.63, 3.8) is 0 Å². The van der Waals surface area contributed by atoms with Crippen molar-refractivity contribution < 1.29 is 16.8 Å². The highest BCUT2D eigenvalue weighted by molar-refractivity contribution is 9.11. The third-order valence-electron chi connectivity index (χ3n) is 3.27. The van der Waals surface area contributed by atoms with Gasteiger partial charge in [0.15, 0.2) is 9.84 Å². The fourth-order valence-electron chi connectivity index (χ4n) is 2.09. The topological polar surface area (TPSA) is 71.5 Å². The van der Waals surface area contributed by atoms with Crippen LogP contribution in [0.1, 0.15) is 6.42 Å². The molecule has 1 heterocycles. The standard InChI is InChI=1S/C11H13Br2NO4S2/c1-14(9-4-5-19(15,16)7-9)20(17,18)11-6-8(12)2-3-10(11)13/h2-3,6,9H,4-5,7H2,1H3/t9-/m1/s1. The molecule has 0 aromatic heterocycles. The first-order valence-electron chi connectivity index (χ1n) is 5.77. The predicted molar refractivity (Wildman–Crippen MR) is 83.8 cm³/mol. The fourth-order valence-corrected chi connectivity index (χ4v) is 6.80. The number of sulfone groups is 1. The highest BCUT2D eigenvalue weighted by Gasteiger charge is 2.37. The Balaban J connectivity index is 2.38. The molecule has 20 heavy (non-hydrogen) atoms. The van der Waals surface area contributed by atoms with E-state index in [0.717, 1.165) is 4.31 Å². The smallest absolute Gasteiger partial charge is 0.229 e. The van der Waals surface area contributed by atoms with Crippen molar-refractivity contribution in [2.24, 2.45) is 0 Å². The number of benzene rings is 1. The minimum atomic E-state index is -3.73. The molecule has 0 radical (unpaired) electrons. The monoisotopic (exact) mass is 445 g/mol. The molecule has 1 aromatic carbocycles. The summed E-state index contributed by atoms with van der Waals surface area (Å²) < 4.78 is 50.4. The summed E-state index contributed by atoms with van der Waals surface area (Å²) in [6, 6.07) is 4.36. The summed E-state index contributed by atoms with van der Waals surface area (Å²) in [5.41, 5.74) is 0. The van der Waals surface area contributed by atoms with Crippen LogP contribution in [0, 0.1) is 0 Å². The zero-order valence-corrected chi connectivity index (χ0v) is 15.4. The minimum Gasteiger partial charge on any atom is -0.229 e. The zero-order chi connectivity index (χ0) is 15.1. The number of sulfonamides is 1. The summed E-state index contributed by atoms with van der Waals surface area (Å²) >= 11 is 6.46. The zero-order valence-electron chi connectivity index (χ0n) is 10.6. The molecule has 1 aromatic rings. The van der Waals surface area contributed by atoms with Gasteiger partial charge < -0.3 is 0 Å². The van der Waals surface area contributed by atoms with E-state index in [1.54, 1.807) is 12.1 Å². The Morgan fingerprint density at radius 2 is 1.95 bits per heavy atom. The average Bonchev–Trinajstić information content (AvgIpc) is 2.71. The SMILES string of the molecule is CN([C@@H]1CCS(=O)(=O)C1)S(=O)(=O)c1cc(Br)ccc1Br. The molecule has 2 rings (SSSR count). The Bertz CT molecular complexity index is 731. The van der Waals surface area contributed by atoms with E-state index in [1.807, 2.05) is 0 Å². The molecule has 1 saturated heterocycles. The van der Waals surface area contributed by atoms with Gasteiger partial charge >= 0.3 is 0 Å². The van der Waals surface area contributed by atoms with Gasteiger partial charge in [0.05, 0.1) is 16.4 Å². The highest BCUT2D eigenvalue weighted by Crippen LogP contribution is 2.30. The quantitative estimate of drug-likeness (QED) is 0.711. The molecule has 1 aliphatic heterocycles. The van der Waals surface area contributed by atoms with E-state index in [9.17, 15) is 16.8 Å². The minimum absolute atomic E-state index is 0.0389. The second-order valence-electron chi connectivity index (χ2n) is 4.65. The summed E-state index contributed by atoms with van der Waals surface area (Å²) in [5.74, 6) is -0.0778. The summed E-state index contributed by atoms with van der Waals surface area (Å²) in [4.78, 5) is 0.124. The van der Waals surface area contributed by atoms with Gasteiger partial charge in [-0.15, -0.1) is 0 Å². The van der Waals surface area contributed by atoms with Gasteiger partial charge in [0.2, 0.25) is 10.0 Å². The lowest BCUT2D eigenvalue weighted by atomic mass is 10.3. The van der Waals surface area contributed by atoms with E-state index >= 15 is 0 Å². The molecule has 9 heteroatoms. The van der Waals surface area contributed by atoms with Crippen molar-refractivity contribution in [3.8, 4) is 0 Å². The fraction of sp³-hybridized carbons (Fsp3) is 0.455. The van der Waals surface area contributed by atoms with E-state index in [2.05, 4.69) is 31.9 Å². The first-order valence-corrected chi connectivity index (χ1v) is 10.6. The van der Waals surface area contributed by atoms with Crippen LogP contribution in [0.25, 0.3) is 0 Å². The number of rotatable bonds is 3. The molecule has 1 atom stereocenters. The molecule has 0 aliphatic carbocycles. The van der Waals surface area contributed by atoms with Crippen LogP contribution in [0.5, 0.6) is 0 Å². The summed E-state index contributed by atoms with van der Waals surface area (Å²) in [6.07, 6.45) is 0.337. The molecular weight excluding hydrogens is 434 g/mol. The van der Waals surface area contributed by atoms with Crippen LogP contribution >= 0.6 is 31.9 Å². The lowest BCUT2D eigenvalue weighted by Crippen LogP contribution is -2.37. The maximum atomic E-state index is 12.6. The maximum Gasteiger partial charge on any atom is 0.244 e. The third kappa shape index (κ3) is 3.27. The highest BCUT2D eigenvalue weighted by atomic mass is 79.9. The van der Waals surface area contributed by atoms with Crippen LogP contribution in [0.3, 0.4) is 0 Å². The first kappa shape index (κ1) is 16.4. The largest absolute Gasteiger partial charge is 0.244 e. The first-order chi connectivity index (χ1) is 9.13. The van der Waals surface area contributed by atoms with Crippen molar-refractivity contribution >= 4 is 51.7 Å². The average molecular weight is 447 g/mol. The Hall–Kier alpha value is 0.0400. The van der Waals surface area contributed by atoms with E-state index in [0.29, 0.717) is 15.4 Å². The molecule has 1 fully saturated rings. The second kappa shape index (κ2) is 5.68. The third-order valence-corrected chi connectivity index (χ3v) is 8.42. The molecule has 0 spiro atoms. The summed E-state index contributed by atoms with van der Waals surface area (Å²) in [5, 5.41) is 0. The Morgan fingerprint density at radius 1 is 1.30 bits per heavy atom. The van der Waals surface area contributed by atoms with Crippen LogP contribution in [0.15, 0.2) is 32.0 Å². The second-order valence-corrected chi connectivity index (χ2v) is 10.6. The van der Waals surface area contributed by atoms with Crippen molar-refractivity contribution in [3.05, 3.63) is 27.1 Å². The molecule has 0 saturated carbocycles. The van der Waals surface area contributed by atoms with Gasteiger partial charge in [-0.2, -0.15) is 4.31 Å². The molecule has 112 valence electrons. The van der Waals surface area contributed by atoms with Crippen LogP contribution in [-0.2, 0) is 19.9 Å². The molecule has 0 amide bonds. The molecule has 0 bridgehead atoms. The lowest BCUT2D eigenvalue weighted by molar-refractivity contribution is 0.393. The normalized spacial score (nSPS) is 22.3. The Kier molecular flexibility index (Phi) is 4.66. The van der Waals surface area contributed by atoms with E-state index in [1.165, 1.54) is 13.1 Å². The van der Waals surface area contributed by atoms with Gasteiger partial charge in [-0.3, -0.25) is 0 Å². The Labute approximate surface area is 135 Å². The predicted octanol–water partition coefficient (Wildman–Crippen LogP) is 2.02. The molecule has 1 aliphatic rings. The van der Waals surface area contributed by atoms with Crippen LogP contribution in [0.4, 0.5) is 0 Å². The lowest BCUT2D eigenvalue weighted by Gasteiger charge is -2.23.